The van der Waals surface area contributed by atoms with E-state index >= 15 is 0 Å². The number of benzene rings is 1. The van der Waals surface area contributed by atoms with Crippen molar-refractivity contribution in [2.45, 2.75) is 50.4 Å². The van der Waals surface area contributed by atoms with Crippen molar-refractivity contribution in [2.24, 2.45) is 11.8 Å². The van der Waals surface area contributed by atoms with Crippen molar-refractivity contribution in [3.63, 3.8) is 0 Å². The number of pyridine rings is 1. The highest BCUT2D eigenvalue weighted by Gasteiger charge is 2.71. The van der Waals surface area contributed by atoms with Crippen molar-refractivity contribution >= 4 is 24.0 Å². The fourth-order valence-electron chi connectivity index (χ4n) is 6.41. The predicted molar refractivity (Wildman–Crippen MR) is 142 cm³/mol. The van der Waals surface area contributed by atoms with Crippen molar-refractivity contribution in [3.8, 4) is 17.2 Å². The molecule has 11 nitrogen and oxygen atoms in total. The van der Waals surface area contributed by atoms with Crippen LogP contribution in [0.4, 0.5) is 20.1 Å². The molecule has 208 valence electrons. The van der Waals surface area contributed by atoms with Gasteiger partial charge in [-0.05, 0) is 56.5 Å². The van der Waals surface area contributed by atoms with Crippen LogP contribution in [-0.4, -0.2) is 72.7 Å². The third-order valence-corrected chi connectivity index (χ3v) is 8.35. The Balaban J connectivity index is 1.15. The molecule has 3 amide bonds. The van der Waals surface area contributed by atoms with Gasteiger partial charge in [-0.25, -0.2) is 14.4 Å². The van der Waals surface area contributed by atoms with Gasteiger partial charge in [-0.1, -0.05) is 12.1 Å². The smallest absolute Gasteiger partial charge is 0.415 e. The second-order valence-electron chi connectivity index (χ2n) is 11.8. The summed E-state index contributed by atoms with van der Waals surface area (Å²) < 4.78 is 15.6. The van der Waals surface area contributed by atoms with Gasteiger partial charge in [0, 0.05) is 36.7 Å². The van der Waals surface area contributed by atoms with Gasteiger partial charge in [0.25, 0.3) is 0 Å². The second-order valence-corrected chi connectivity index (χ2v) is 11.8. The quantitative estimate of drug-likeness (QED) is 0.576. The van der Waals surface area contributed by atoms with E-state index in [9.17, 15) is 19.6 Å². The molecule has 1 aromatic heterocycles. The SMILES string of the molecule is COC(=O)NC[C@@H]1OC(=O)N2c3ccc(-c4ccc(C5(C#N)C6CN(C(=O)OC(C)(C)C)CC65)nc4)cc3C[C@@H]12. The summed E-state index contributed by atoms with van der Waals surface area (Å²) in [6.07, 6.45) is 0.561. The number of likely N-dealkylation sites (tertiary alicyclic amines) is 1. The fourth-order valence-corrected chi connectivity index (χ4v) is 6.41. The van der Waals surface area contributed by atoms with Gasteiger partial charge in [-0.2, -0.15) is 5.26 Å². The van der Waals surface area contributed by atoms with E-state index in [0.717, 1.165) is 28.1 Å². The van der Waals surface area contributed by atoms with E-state index in [0.29, 0.717) is 19.5 Å². The molecular weight excluding hydrogens is 514 g/mol. The van der Waals surface area contributed by atoms with E-state index in [2.05, 4.69) is 16.1 Å². The summed E-state index contributed by atoms with van der Waals surface area (Å²) in [6, 6.07) is 12.1. The number of nitriles is 1. The van der Waals surface area contributed by atoms with Gasteiger partial charge >= 0.3 is 18.3 Å². The fraction of sp³-hybridized carbons (Fsp3) is 0.483. The van der Waals surface area contributed by atoms with Crippen LogP contribution in [0.5, 0.6) is 0 Å². The summed E-state index contributed by atoms with van der Waals surface area (Å²) in [5, 5.41) is 12.7. The van der Waals surface area contributed by atoms with Gasteiger partial charge in [0.2, 0.25) is 0 Å². The normalized spacial score (nSPS) is 27.7. The van der Waals surface area contributed by atoms with Crippen molar-refractivity contribution in [2.75, 3.05) is 31.6 Å². The molecule has 3 aliphatic heterocycles. The molecule has 1 aliphatic carbocycles. The van der Waals surface area contributed by atoms with Crippen LogP contribution in [0.15, 0.2) is 36.5 Å². The first kappa shape index (κ1) is 25.9. The number of cyclic esters (lactones) is 1. The molecule has 1 N–H and O–H groups in total. The molecule has 11 heteroatoms. The van der Waals surface area contributed by atoms with E-state index in [1.807, 2.05) is 51.1 Å². The number of piperidine rings is 1. The van der Waals surface area contributed by atoms with Crippen LogP contribution < -0.4 is 10.2 Å². The summed E-state index contributed by atoms with van der Waals surface area (Å²) in [5.41, 5.74) is 3.14. The summed E-state index contributed by atoms with van der Waals surface area (Å²) in [6.45, 7) is 6.66. The Kier molecular flexibility index (Phi) is 5.91. The zero-order chi connectivity index (χ0) is 28.4. The van der Waals surface area contributed by atoms with Crippen molar-refractivity contribution in [1.82, 2.24) is 15.2 Å². The molecule has 0 spiro atoms. The molecule has 2 aromatic rings. The largest absolute Gasteiger partial charge is 0.453 e. The van der Waals surface area contributed by atoms with Crippen LogP contribution in [0.1, 0.15) is 32.0 Å². The third-order valence-electron chi connectivity index (χ3n) is 8.35. The number of ether oxygens (including phenoxy) is 3. The lowest BCUT2D eigenvalue weighted by Crippen LogP contribution is -2.40. The lowest BCUT2D eigenvalue weighted by Gasteiger charge is -2.27. The molecule has 4 aliphatic rings. The molecule has 0 radical (unpaired) electrons. The molecule has 2 saturated heterocycles. The summed E-state index contributed by atoms with van der Waals surface area (Å²) in [5.74, 6) is 0.0800. The van der Waals surface area contributed by atoms with Gasteiger partial charge < -0.3 is 24.4 Å². The van der Waals surface area contributed by atoms with Gasteiger partial charge in [0.05, 0.1) is 37.1 Å². The highest BCUT2D eigenvalue weighted by atomic mass is 16.6. The zero-order valence-electron chi connectivity index (χ0n) is 22.8. The molecule has 1 saturated carbocycles. The van der Waals surface area contributed by atoms with Crippen LogP contribution in [-0.2, 0) is 26.0 Å². The molecule has 40 heavy (non-hydrogen) atoms. The van der Waals surface area contributed by atoms with Crippen molar-refractivity contribution in [3.05, 3.63) is 47.8 Å². The highest BCUT2D eigenvalue weighted by Crippen LogP contribution is 2.63. The number of carbonyl (C=O) groups is 3. The van der Waals surface area contributed by atoms with Gasteiger partial charge in [0.1, 0.15) is 17.1 Å². The number of rotatable bonds is 4. The Morgan fingerprint density at radius 3 is 2.55 bits per heavy atom. The summed E-state index contributed by atoms with van der Waals surface area (Å²) in [7, 11) is 1.28. The molecule has 0 bridgehead atoms. The van der Waals surface area contributed by atoms with Crippen LogP contribution >= 0.6 is 0 Å². The van der Waals surface area contributed by atoms with Crippen LogP contribution in [0, 0.1) is 23.2 Å². The Labute approximate surface area is 232 Å². The van der Waals surface area contributed by atoms with Gasteiger partial charge in [0.15, 0.2) is 0 Å². The molecular formula is C29H31N5O6. The molecule has 2 unspecified atom stereocenters. The maximum atomic E-state index is 12.6. The van der Waals surface area contributed by atoms with Crippen molar-refractivity contribution < 1.29 is 28.6 Å². The Bertz CT molecular complexity index is 1420. The Hall–Kier alpha value is -4.33. The summed E-state index contributed by atoms with van der Waals surface area (Å²) in [4.78, 5) is 44.5. The molecule has 4 heterocycles. The predicted octanol–water partition coefficient (Wildman–Crippen LogP) is 3.61. The number of hydrogen-bond acceptors (Lipinski definition) is 8. The highest BCUT2D eigenvalue weighted by molar-refractivity contribution is 5.94. The van der Waals surface area contributed by atoms with E-state index in [-0.39, 0.29) is 30.5 Å². The van der Waals surface area contributed by atoms with E-state index < -0.39 is 29.3 Å². The van der Waals surface area contributed by atoms with Gasteiger partial charge in [-0.15, -0.1) is 0 Å². The molecule has 3 fully saturated rings. The second kappa shape index (κ2) is 9.11. The first-order valence-electron chi connectivity index (χ1n) is 13.4. The third kappa shape index (κ3) is 4.10. The first-order valence-corrected chi connectivity index (χ1v) is 13.4. The molecule has 1 aromatic carbocycles. The lowest BCUT2D eigenvalue weighted by atomic mass is 9.95. The monoisotopic (exact) mass is 545 g/mol. The Morgan fingerprint density at radius 2 is 1.93 bits per heavy atom. The molecule has 4 atom stereocenters. The van der Waals surface area contributed by atoms with Crippen molar-refractivity contribution in [1.29, 1.82) is 5.26 Å². The number of aromatic nitrogens is 1. The number of amides is 3. The van der Waals surface area contributed by atoms with Crippen LogP contribution in [0.25, 0.3) is 11.1 Å². The standard InChI is InChI=1S/C29H31N5O6/c1-28(2,3)40-26(36)33-13-19-20(14-33)29(19,15-30)24-8-6-17(11-31-24)16-5-7-21-18(9-16)10-22-23(12-32-25(35)38-4)39-27(37)34(21)22/h5-9,11,19-20,22-23H,10,12-14H2,1-4H3,(H,32,35)/t19?,20?,22-,23-,29?/m0/s1. The average molecular weight is 546 g/mol. The number of hydrogen-bond donors (Lipinski definition) is 1. The topological polar surface area (TPSA) is 134 Å². The number of fused-ring (bicyclic) bond motifs is 4. The van der Waals surface area contributed by atoms with Crippen LogP contribution in [0.3, 0.4) is 0 Å². The maximum absolute atomic E-state index is 12.6. The minimum absolute atomic E-state index is 0.0400. The van der Waals surface area contributed by atoms with Crippen LogP contribution in [0.2, 0.25) is 0 Å². The zero-order valence-corrected chi connectivity index (χ0v) is 22.8. The van der Waals surface area contributed by atoms with E-state index in [1.165, 1.54) is 7.11 Å². The number of nitrogens with zero attached hydrogens (tertiary/aromatic N) is 4. The number of alkyl carbamates (subject to hydrolysis) is 1. The number of carbonyl (C=O) groups excluding carboxylic acids is 3. The average Bonchev–Trinajstić information content (AvgIpc) is 3.28. The Morgan fingerprint density at radius 1 is 1.20 bits per heavy atom. The molecule has 6 rings (SSSR count). The van der Waals surface area contributed by atoms with E-state index in [4.69, 9.17) is 14.5 Å². The number of anilines is 1. The number of methoxy groups -OCH3 is 1. The minimum atomic E-state index is -0.687. The van der Waals surface area contributed by atoms with Gasteiger partial charge in [-0.3, -0.25) is 9.88 Å². The lowest BCUT2D eigenvalue weighted by molar-refractivity contribution is 0.0265. The maximum Gasteiger partial charge on any atom is 0.415 e. The van der Waals surface area contributed by atoms with E-state index in [1.54, 1.807) is 16.0 Å². The number of nitrogens with one attached hydrogen (secondary N) is 1. The minimum Gasteiger partial charge on any atom is -0.453 e. The summed E-state index contributed by atoms with van der Waals surface area (Å²) >= 11 is 0. The first-order chi connectivity index (χ1) is 19.1.